The molecule has 6 nitrogen and oxygen atoms in total. The van der Waals surface area contributed by atoms with E-state index in [1.165, 1.54) is 11.3 Å². The summed E-state index contributed by atoms with van der Waals surface area (Å²) in [6.07, 6.45) is 3.72. The average molecular weight is 453 g/mol. The second-order valence-corrected chi connectivity index (χ2v) is 9.03. The van der Waals surface area contributed by atoms with E-state index in [9.17, 15) is 4.79 Å². The number of thiophene rings is 1. The Bertz CT molecular complexity index is 1260. The molecule has 1 saturated heterocycles. The number of nitrogens with one attached hydrogen (secondary N) is 1. The first kappa shape index (κ1) is 20.2. The maximum absolute atomic E-state index is 13.1. The molecule has 1 aliphatic heterocycles. The molecule has 31 heavy (non-hydrogen) atoms. The molecule has 158 valence electrons. The standard InChI is InChI=1S/C23H21ClN4O2S/c24-16-6-4-15(5-7-16)20-12-19-22(31-20)23(29)28(14-26-19)13-17-2-1-3-21(27-17)30-18-8-10-25-11-9-18/h1-7,12,14,18,25H,8-11,13H2. The highest BCUT2D eigenvalue weighted by atomic mass is 35.5. The zero-order chi connectivity index (χ0) is 21.2. The molecule has 3 aromatic heterocycles. The van der Waals surface area contributed by atoms with E-state index in [0.717, 1.165) is 42.1 Å². The molecular formula is C23H21ClN4O2S. The number of halogens is 1. The number of pyridine rings is 1. The molecular weight excluding hydrogens is 432 g/mol. The Morgan fingerprint density at radius 1 is 1.16 bits per heavy atom. The largest absolute Gasteiger partial charge is 0.474 e. The topological polar surface area (TPSA) is 69.0 Å². The van der Waals surface area contributed by atoms with Crippen LogP contribution in [-0.4, -0.2) is 33.7 Å². The molecule has 0 saturated carbocycles. The van der Waals surface area contributed by atoms with E-state index in [-0.39, 0.29) is 11.7 Å². The van der Waals surface area contributed by atoms with Crippen LogP contribution in [0.4, 0.5) is 0 Å². The van der Waals surface area contributed by atoms with Gasteiger partial charge >= 0.3 is 0 Å². The van der Waals surface area contributed by atoms with Gasteiger partial charge in [-0.25, -0.2) is 9.97 Å². The van der Waals surface area contributed by atoms with Crippen LogP contribution in [0, 0.1) is 0 Å². The third-order valence-electron chi connectivity index (χ3n) is 5.32. The first-order valence-electron chi connectivity index (χ1n) is 10.2. The maximum Gasteiger partial charge on any atom is 0.271 e. The quantitative estimate of drug-likeness (QED) is 0.487. The molecule has 0 aliphatic carbocycles. The molecule has 4 aromatic rings. The zero-order valence-corrected chi connectivity index (χ0v) is 18.3. The Morgan fingerprint density at radius 2 is 1.97 bits per heavy atom. The number of aromatic nitrogens is 3. The highest BCUT2D eigenvalue weighted by Crippen LogP contribution is 2.31. The summed E-state index contributed by atoms with van der Waals surface area (Å²) in [5.74, 6) is 0.604. The number of ether oxygens (including phenoxy) is 1. The summed E-state index contributed by atoms with van der Waals surface area (Å²) in [7, 11) is 0. The molecule has 8 heteroatoms. The zero-order valence-electron chi connectivity index (χ0n) is 16.8. The van der Waals surface area contributed by atoms with Crippen molar-refractivity contribution in [3.05, 3.63) is 75.9 Å². The predicted octanol–water partition coefficient (Wildman–Crippen LogP) is 4.35. The van der Waals surface area contributed by atoms with Crippen molar-refractivity contribution in [1.29, 1.82) is 0 Å². The molecule has 1 aliphatic rings. The molecule has 5 rings (SSSR count). The van der Waals surface area contributed by atoms with Gasteiger partial charge in [-0.2, -0.15) is 0 Å². The van der Waals surface area contributed by atoms with Crippen molar-refractivity contribution in [1.82, 2.24) is 19.9 Å². The van der Waals surface area contributed by atoms with E-state index in [4.69, 9.17) is 16.3 Å². The Hall–Kier alpha value is -2.74. The summed E-state index contributed by atoms with van der Waals surface area (Å²) in [5.41, 5.74) is 2.42. The van der Waals surface area contributed by atoms with Crippen LogP contribution in [0.3, 0.4) is 0 Å². The number of hydrogen-bond donors (Lipinski definition) is 1. The molecule has 0 spiro atoms. The van der Waals surface area contributed by atoms with E-state index in [1.54, 1.807) is 10.9 Å². The van der Waals surface area contributed by atoms with Gasteiger partial charge in [0.05, 0.1) is 24.1 Å². The lowest BCUT2D eigenvalue weighted by atomic mass is 10.1. The van der Waals surface area contributed by atoms with Crippen molar-refractivity contribution in [2.24, 2.45) is 0 Å². The Labute approximate surface area is 188 Å². The number of hydrogen-bond acceptors (Lipinski definition) is 6. The maximum atomic E-state index is 13.1. The lowest BCUT2D eigenvalue weighted by molar-refractivity contribution is 0.155. The van der Waals surface area contributed by atoms with Gasteiger partial charge < -0.3 is 10.1 Å². The van der Waals surface area contributed by atoms with Crippen LogP contribution in [0.2, 0.25) is 5.02 Å². The summed E-state index contributed by atoms with van der Waals surface area (Å²) in [6.45, 7) is 2.27. The van der Waals surface area contributed by atoms with Crippen molar-refractivity contribution >= 4 is 33.2 Å². The first-order chi connectivity index (χ1) is 15.2. The minimum absolute atomic E-state index is 0.0679. The monoisotopic (exact) mass is 452 g/mol. The number of benzene rings is 1. The van der Waals surface area contributed by atoms with Crippen LogP contribution in [0.15, 0.2) is 59.7 Å². The molecule has 4 heterocycles. The lowest BCUT2D eigenvalue weighted by Gasteiger charge is -2.23. The van der Waals surface area contributed by atoms with Crippen molar-refractivity contribution in [3.8, 4) is 16.3 Å². The molecule has 0 atom stereocenters. The minimum atomic E-state index is -0.0679. The van der Waals surface area contributed by atoms with Gasteiger partial charge in [0, 0.05) is 16.0 Å². The summed E-state index contributed by atoms with van der Waals surface area (Å²) in [5, 5.41) is 4.01. The van der Waals surface area contributed by atoms with Gasteiger partial charge in [-0.15, -0.1) is 11.3 Å². The second-order valence-electron chi connectivity index (χ2n) is 7.54. The van der Waals surface area contributed by atoms with Gasteiger partial charge in [0.25, 0.3) is 5.56 Å². The molecule has 0 radical (unpaired) electrons. The molecule has 1 aromatic carbocycles. The van der Waals surface area contributed by atoms with Gasteiger partial charge in [-0.1, -0.05) is 29.8 Å². The lowest BCUT2D eigenvalue weighted by Crippen LogP contribution is -2.34. The van der Waals surface area contributed by atoms with Gasteiger partial charge in [0.15, 0.2) is 0 Å². The summed E-state index contributed by atoms with van der Waals surface area (Å²) in [4.78, 5) is 23.2. The van der Waals surface area contributed by atoms with Gasteiger partial charge in [0.1, 0.15) is 10.8 Å². The van der Waals surface area contributed by atoms with Crippen molar-refractivity contribution in [3.63, 3.8) is 0 Å². The summed E-state index contributed by atoms with van der Waals surface area (Å²) in [6, 6.07) is 15.2. The molecule has 0 unspecified atom stereocenters. The van der Waals surface area contributed by atoms with Gasteiger partial charge in [-0.3, -0.25) is 9.36 Å². The van der Waals surface area contributed by atoms with E-state index in [1.807, 2.05) is 48.5 Å². The molecule has 1 fully saturated rings. The van der Waals surface area contributed by atoms with Crippen LogP contribution in [0.25, 0.3) is 20.7 Å². The fourth-order valence-corrected chi connectivity index (χ4v) is 4.88. The first-order valence-corrected chi connectivity index (χ1v) is 11.4. The van der Waals surface area contributed by atoms with Crippen LogP contribution in [0.1, 0.15) is 18.5 Å². The third-order valence-corrected chi connectivity index (χ3v) is 6.73. The number of rotatable bonds is 5. The van der Waals surface area contributed by atoms with Crippen molar-refractivity contribution < 1.29 is 4.74 Å². The van der Waals surface area contributed by atoms with Crippen molar-refractivity contribution in [2.45, 2.75) is 25.5 Å². The third kappa shape index (κ3) is 4.49. The average Bonchev–Trinajstić information content (AvgIpc) is 3.22. The summed E-state index contributed by atoms with van der Waals surface area (Å²) < 4.78 is 8.27. The second kappa shape index (κ2) is 8.78. The fourth-order valence-electron chi connectivity index (χ4n) is 3.68. The minimum Gasteiger partial charge on any atom is -0.474 e. The van der Waals surface area contributed by atoms with E-state index in [2.05, 4.69) is 15.3 Å². The highest BCUT2D eigenvalue weighted by molar-refractivity contribution is 7.22. The highest BCUT2D eigenvalue weighted by Gasteiger charge is 2.16. The SMILES string of the molecule is O=c1c2sc(-c3ccc(Cl)cc3)cc2ncn1Cc1cccc(OC2CCNCC2)n1. The number of piperidine rings is 1. The van der Waals surface area contributed by atoms with Crippen LogP contribution < -0.4 is 15.6 Å². The molecule has 1 N–H and O–H groups in total. The number of nitrogens with zero attached hydrogens (tertiary/aromatic N) is 3. The van der Waals surface area contributed by atoms with Crippen LogP contribution in [-0.2, 0) is 6.54 Å². The Balaban J connectivity index is 1.39. The molecule has 0 bridgehead atoms. The smallest absolute Gasteiger partial charge is 0.271 e. The summed E-state index contributed by atoms with van der Waals surface area (Å²) >= 11 is 7.43. The van der Waals surface area contributed by atoms with E-state index in [0.29, 0.717) is 27.7 Å². The van der Waals surface area contributed by atoms with Crippen LogP contribution >= 0.6 is 22.9 Å². The van der Waals surface area contributed by atoms with Gasteiger partial charge in [0.2, 0.25) is 5.88 Å². The van der Waals surface area contributed by atoms with E-state index < -0.39 is 0 Å². The fraction of sp³-hybridized carbons (Fsp3) is 0.261. The van der Waals surface area contributed by atoms with E-state index >= 15 is 0 Å². The van der Waals surface area contributed by atoms with Crippen LogP contribution in [0.5, 0.6) is 5.88 Å². The number of fused-ring (bicyclic) bond motifs is 1. The molecule has 0 amide bonds. The predicted molar refractivity (Wildman–Crippen MR) is 124 cm³/mol. The Morgan fingerprint density at radius 3 is 2.77 bits per heavy atom. The van der Waals surface area contributed by atoms with Crippen molar-refractivity contribution in [2.75, 3.05) is 13.1 Å². The normalized spacial score (nSPS) is 14.7. The Kier molecular flexibility index (Phi) is 5.72. The van der Waals surface area contributed by atoms with Gasteiger partial charge in [-0.05, 0) is 55.8 Å².